The molecule has 0 N–H and O–H groups in total. The number of rotatable bonds is 6. The van der Waals surface area contributed by atoms with Gasteiger partial charge in [-0.15, -0.1) is 0 Å². The number of pyridine rings is 1. The van der Waals surface area contributed by atoms with E-state index in [2.05, 4.69) is 35.0 Å². The number of carbonyl (C=O) groups is 1. The molecule has 0 atom stereocenters. The summed E-state index contributed by atoms with van der Waals surface area (Å²) in [5.74, 6) is 1.20. The van der Waals surface area contributed by atoms with Crippen molar-refractivity contribution in [2.75, 3.05) is 19.6 Å². The lowest BCUT2D eigenvalue weighted by Gasteiger charge is -2.46. The quantitative estimate of drug-likeness (QED) is 0.808. The summed E-state index contributed by atoms with van der Waals surface area (Å²) in [5, 5.41) is 3.89. The number of likely N-dealkylation sites (tertiary alicyclic amines) is 1. The van der Waals surface area contributed by atoms with Crippen molar-refractivity contribution in [3.05, 3.63) is 47.1 Å². The molecule has 6 nitrogen and oxygen atoms in total. The van der Waals surface area contributed by atoms with Crippen LogP contribution in [-0.4, -0.2) is 51.5 Å². The normalized spacial score (nSPS) is 15.0. The van der Waals surface area contributed by atoms with Crippen LogP contribution in [0, 0.1) is 19.8 Å². The summed E-state index contributed by atoms with van der Waals surface area (Å²) in [6, 6.07) is 4.45. The first-order valence-electron chi connectivity index (χ1n) is 8.80. The Kier molecular flexibility index (Phi) is 5.18. The Morgan fingerprint density at radius 3 is 2.72 bits per heavy atom. The van der Waals surface area contributed by atoms with Crippen LogP contribution in [0.15, 0.2) is 29.0 Å². The van der Waals surface area contributed by atoms with Crippen molar-refractivity contribution in [3.63, 3.8) is 0 Å². The second kappa shape index (κ2) is 7.35. The van der Waals surface area contributed by atoms with Crippen LogP contribution in [0.5, 0.6) is 0 Å². The lowest BCUT2D eigenvalue weighted by Crippen LogP contribution is -2.61. The first kappa shape index (κ1) is 17.6. The van der Waals surface area contributed by atoms with Gasteiger partial charge in [-0.3, -0.25) is 14.7 Å². The van der Waals surface area contributed by atoms with Gasteiger partial charge in [0, 0.05) is 44.6 Å². The van der Waals surface area contributed by atoms with Gasteiger partial charge in [0.25, 0.3) is 5.91 Å². The van der Waals surface area contributed by atoms with Crippen molar-refractivity contribution in [2.24, 2.45) is 5.92 Å². The zero-order valence-corrected chi connectivity index (χ0v) is 15.4. The Labute approximate surface area is 148 Å². The molecular formula is C19H26N4O2. The van der Waals surface area contributed by atoms with Crippen molar-refractivity contribution in [3.8, 4) is 0 Å². The molecule has 1 saturated heterocycles. The van der Waals surface area contributed by atoms with Crippen LogP contribution in [0.1, 0.15) is 41.2 Å². The van der Waals surface area contributed by atoms with Crippen molar-refractivity contribution >= 4 is 5.91 Å². The van der Waals surface area contributed by atoms with E-state index in [0.29, 0.717) is 29.0 Å². The van der Waals surface area contributed by atoms with Gasteiger partial charge in [-0.05, 0) is 31.4 Å². The van der Waals surface area contributed by atoms with E-state index in [1.54, 1.807) is 13.1 Å². The predicted molar refractivity (Wildman–Crippen MR) is 95.2 cm³/mol. The summed E-state index contributed by atoms with van der Waals surface area (Å²) in [7, 11) is 0. The molecule has 0 saturated carbocycles. The first-order chi connectivity index (χ1) is 12.0. The Morgan fingerprint density at radius 2 is 2.16 bits per heavy atom. The summed E-state index contributed by atoms with van der Waals surface area (Å²) in [4.78, 5) is 21.2. The van der Waals surface area contributed by atoms with Crippen LogP contribution in [0.3, 0.4) is 0 Å². The Hall–Kier alpha value is -2.21. The van der Waals surface area contributed by atoms with Gasteiger partial charge in [-0.2, -0.15) is 0 Å². The second-order valence-electron chi connectivity index (χ2n) is 7.25. The highest BCUT2D eigenvalue weighted by Gasteiger charge is 2.37. The van der Waals surface area contributed by atoms with Crippen LogP contribution in [0.25, 0.3) is 0 Å². The zero-order chi connectivity index (χ0) is 18.0. The summed E-state index contributed by atoms with van der Waals surface area (Å²) in [5.41, 5.74) is 2.49. The largest absolute Gasteiger partial charge is 0.361 e. The van der Waals surface area contributed by atoms with Crippen LogP contribution in [0.4, 0.5) is 0 Å². The Morgan fingerprint density at radius 1 is 1.40 bits per heavy atom. The Balaban J connectivity index is 1.64. The summed E-state index contributed by atoms with van der Waals surface area (Å²) >= 11 is 0. The summed E-state index contributed by atoms with van der Waals surface area (Å²) < 4.78 is 5.13. The van der Waals surface area contributed by atoms with E-state index in [0.717, 1.165) is 26.2 Å². The molecule has 1 amide bonds. The molecule has 2 aromatic rings. The number of carbonyl (C=O) groups excluding carboxylic acids is 1. The molecule has 0 bridgehead atoms. The van der Waals surface area contributed by atoms with Crippen molar-refractivity contribution in [1.29, 1.82) is 0 Å². The van der Waals surface area contributed by atoms with Gasteiger partial charge in [0.15, 0.2) is 0 Å². The average molecular weight is 342 g/mol. The third kappa shape index (κ3) is 3.90. The smallest absolute Gasteiger partial charge is 0.259 e. The number of hydrogen-bond donors (Lipinski definition) is 0. The molecule has 1 aliphatic rings. The molecule has 1 aliphatic heterocycles. The fourth-order valence-electron chi connectivity index (χ4n) is 3.34. The minimum Gasteiger partial charge on any atom is -0.361 e. The molecule has 0 unspecified atom stereocenters. The molecule has 25 heavy (non-hydrogen) atoms. The van der Waals surface area contributed by atoms with Gasteiger partial charge in [0.2, 0.25) is 0 Å². The molecular weight excluding hydrogens is 316 g/mol. The molecule has 0 spiro atoms. The van der Waals surface area contributed by atoms with Gasteiger partial charge >= 0.3 is 0 Å². The fraction of sp³-hybridized carbons (Fsp3) is 0.526. The van der Waals surface area contributed by atoms with Gasteiger partial charge in [0.1, 0.15) is 11.3 Å². The van der Waals surface area contributed by atoms with Crippen LogP contribution in [-0.2, 0) is 6.54 Å². The number of aryl methyl sites for hydroxylation is 2. The maximum Gasteiger partial charge on any atom is 0.259 e. The third-order valence-corrected chi connectivity index (χ3v) is 4.62. The minimum atomic E-state index is 0.0263. The highest BCUT2D eigenvalue weighted by atomic mass is 16.5. The van der Waals surface area contributed by atoms with E-state index in [-0.39, 0.29) is 5.91 Å². The topological polar surface area (TPSA) is 62.5 Å². The molecule has 6 heteroatoms. The van der Waals surface area contributed by atoms with Crippen molar-refractivity contribution < 1.29 is 9.32 Å². The highest BCUT2D eigenvalue weighted by Crippen LogP contribution is 2.23. The van der Waals surface area contributed by atoms with E-state index in [4.69, 9.17) is 4.52 Å². The van der Waals surface area contributed by atoms with Crippen molar-refractivity contribution in [2.45, 2.75) is 40.3 Å². The number of amides is 1. The molecule has 0 aliphatic carbocycles. The molecule has 3 rings (SSSR count). The number of nitrogens with zero attached hydrogens (tertiary/aromatic N) is 4. The lowest BCUT2D eigenvalue weighted by atomic mass is 10.0. The van der Waals surface area contributed by atoms with E-state index in [1.807, 2.05) is 24.1 Å². The third-order valence-electron chi connectivity index (χ3n) is 4.62. The molecule has 3 heterocycles. The molecule has 2 aromatic heterocycles. The molecule has 0 radical (unpaired) electrons. The average Bonchev–Trinajstić information content (AvgIpc) is 2.85. The Bertz CT molecular complexity index is 701. The summed E-state index contributed by atoms with van der Waals surface area (Å²) in [6.07, 6.45) is 3.71. The maximum absolute atomic E-state index is 12.7. The summed E-state index contributed by atoms with van der Waals surface area (Å²) in [6.45, 7) is 11.4. The minimum absolute atomic E-state index is 0.0263. The van der Waals surface area contributed by atoms with Gasteiger partial charge < -0.3 is 9.42 Å². The predicted octanol–water partition coefficient (Wildman–Crippen LogP) is 2.67. The highest BCUT2D eigenvalue weighted by molar-refractivity contribution is 5.96. The van der Waals surface area contributed by atoms with Crippen LogP contribution in [0.2, 0.25) is 0 Å². The van der Waals surface area contributed by atoms with Gasteiger partial charge in [-0.1, -0.05) is 25.1 Å². The molecule has 0 aromatic carbocycles. The zero-order valence-electron chi connectivity index (χ0n) is 15.4. The van der Waals surface area contributed by atoms with E-state index in [9.17, 15) is 4.79 Å². The van der Waals surface area contributed by atoms with Gasteiger partial charge in [-0.25, -0.2) is 0 Å². The molecule has 134 valence electrons. The number of hydrogen-bond acceptors (Lipinski definition) is 5. The molecule has 1 fully saturated rings. The monoisotopic (exact) mass is 342 g/mol. The van der Waals surface area contributed by atoms with Gasteiger partial charge in [0.05, 0.1) is 5.69 Å². The maximum atomic E-state index is 12.7. The first-order valence-corrected chi connectivity index (χ1v) is 8.80. The van der Waals surface area contributed by atoms with Crippen LogP contribution < -0.4 is 0 Å². The standard InChI is InChI=1S/C19H26N4O2/c1-13(2)9-22(10-16-6-5-7-20-8-16)17-11-23(12-17)19(24)18-14(3)21-25-15(18)4/h5-8,13,17H,9-12H2,1-4H3. The lowest BCUT2D eigenvalue weighted by molar-refractivity contribution is 0.0195. The second-order valence-corrected chi connectivity index (χ2v) is 7.25. The number of aromatic nitrogens is 2. The van der Waals surface area contributed by atoms with Crippen LogP contribution >= 0.6 is 0 Å². The van der Waals surface area contributed by atoms with E-state index < -0.39 is 0 Å². The fourth-order valence-corrected chi connectivity index (χ4v) is 3.34. The SMILES string of the molecule is Cc1noc(C)c1C(=O)N1CC(N(Cc2cccnc2)CC(C)C)C1. The van der Waals surface area contributed by atoms with Crippen molar-refractivity contribution in [1.82, 2.24) is 19.9 Å². The van der Waals surface area contributed by atoms with E-state index >= 15 is 0 Å². The van der Waals surface area contributed by atoms with E-state index in [1.165, 1.54) is 5.56 Å².